The molecule has 1 aromatic heterocycles. The van der Waals surface area contributed by atoms with Crippen molar-refractivity contribution in [3.05, 3.63) is 18.0 Å². The van der Waals surface area contributed by atoms with E-state index in [1.165, 1.54) is 0 Å². The van der Waals surface area contributed by atoms with E-state index < -0.39 is 0 Å². The second-order valence-electron chi connectivity index (χ2n) is 2.55. The van der Waals surface area contributed by atoms with Gasteiger partial charge in [0.1, 0.15) is 5.75 Å². The second-order valence-corrected chi connectivity index (χ2v) is 2.55. The van der Waals surface area contributed by atoms with Crippen LogP contribution >= 0.6 is 0 Å². The van der Waals surface area contributed by atoms with Gasteiger partial charge in [-0.05, 0) is 6.92 Å². The molecule has 0 radical (unpaired) electrons. The third-order valence-electron chi connectivity index (χ3n) is 1.57. The summed E-state index contributed by atoms with van der Waals surface area (Å²) in [7, 11) is 1.56. The average Bonchev–Trinajstić information content (AvgIpc) is 2.08. The Balaban J connectivity index is 2.96. The van der Waals surface area contributed by atoms with Crippen LogP contribution in [0.3, 0.4) is 0 Å². The molecule has 0 saturated heterocycles. The first-order valence-electron chi connectivity index (χ1n) is 3.75. The summed E-state index contributed by atoms with van der Waals surface area (Å²) < 4.78 is 4.98. The highest BCUT2D eigenvalue weighted by molar-refractivity contribution is 5.90. The van der Waals surface area contributed by atoms with Crippen molar-refractivity contribution in [2.75, 3.05) is 12.4 Å². The Morgan fingerprint density at radius 1 is 1.69 bits per heavy atom. The largest absolute Gasteiger partial charge is 0.495 e. The van der Waals surface area contributed by atoms with Gasteiger partial charge in [0.05, 0.1) is 24.7 Å². The molecule has 13 heavy (non-hydrogen) atoms. The number of guanidine groups is 1. The Labute approximate surface area is 76.4 Å². The Hall–Kier alpha value is -1.78. The van der Waals surface area contributed by atoms with Crippen LogP contribution in [0.5, 0.6) is 5.75 Å². The maximum Gasteiger partial charge on any atom is 0.190 e. The third kappa shape index (κ3) is 2.33. The molecule has 0 aliphatic carbocycles. The van der Waals surface area contributed by atoms with Gasteiger partial charge in [-0.3, -0.25) is 10.4 Å². The molecule has 70 valence electrons. The van der Waals surface area contributed by atoms with Crippen molar-refractivity contribution < 1.29 is 4.74 Å². The van der Waals surface area contributed by atoms with Crippen molar-refractivity contribution in [1.82, 2.24) is 4.98 Å². The summed E-state index contributed by atoms with van der Waals surface area (Å²) in [6, 6.07) is 1.74. The highest BCUT2D eigenvalue weighted by Crippen LogP contribution is 2.18. The molecule has 1 heterocycles. The number of ether oxygens (including phenoxy) is 1. The van der Waals surface area contributed by atoms with Crippen molar-refractivity contribution in [2.45, 2.75) is 6.92 Å². The summed E-state index contributed by atoms with van der Waals surface area (Å²) in [4.78, 5) is 4.06. The number of aryl methyl sites for hydroxylation is 1. The van der Waals surface area contributed by atoms with E-state index in [2.05, 4.69) is 10.3 Å². The molecule has 4 N–H and O–H groups in total. The van der Waals surface area contributed by atoms with Crippen molar-refractivity contribution in [1.29, 1.82) is 5.41 Å². The van der Waals surface area contributed by atoms with Crippen molar-refractivity contribution >= 4 is 11.6 Å². The van der Waals surface area contributed by atoms with E-state index >= 15 is 0 Å². The summed E-state index contributed by atoms with van der Waals surface area (Å²) >= 11 is 0. The number of hydrogen-bond acceptors (Lipinski definition) is 3. The van der Waals surface area contributed by atoms with Crippen molar-refractivity contribution in [3.8, 4) is 5.75 Å². The van der Waals surface area contributed by atoms with E-state index in [1.807, 2.05) is 6.92 Å². The molecule has 0 aliphatic rings. The van der Waals surface area contributed by atoms with Crippen LogP contribution in [0.4, 0.5) is 5.69 Å². The van der Waals surface area contributed by atoms with Gasteiger partial charge in [-0.25, -0.2) is 0 Å². The third-order valence-corrected chi connectivity index (χ3v) is 1.57. The van der Waals surface area contributed by atoms with Crippen LogP contribution in [0.2, 0.25) is 0 Å². The zero-order valence-corrected chi connectivity index (χ0v) is 7.59. The van der Waals surface area contributed by atoms with Gasteiger partial charge in [0.25, 0.3) is 0 Å². The van der Waals surface area contributed by atoms with E-state index in [1.54, 1.807) is 19.4 Å². The van der Waals surface area contributed by atoms with E-state index in [4.69, 9.17) is 15.9 Å². The number of nitrogens with zero attached hydrogens (tertiary/aromatic N) is 1. The lowest BCUT2D eigenvalue weighted by atomic mass is 10.3. The first kappa shape index (κ1) is 9.31. The molecule has 0 amide bonds. The van der Waals surface area contributed by atoms with Gasteiger partial charge in [0.2, 0.25) is 0 Å². The number of nitrogens with one attached hydrogen (secondary N) is 2. The fraction of sp³-hybridized carbons (Fsp3) is 0.250. The first-order valence-corrected chi connectivity index (χ1v) is 3.75. The smallest absolute Gasteiger partial charge is 0.190 e. The lowest BCUT2D eigenvalue weighted by molar-refractivity contribution is 0.413. The molecular weight excluding hydrogens is 168 g/mol. The van der Waals surface area contributed by atoms with Crippen molar-refractivity contribution in [3.63, 3.8) is 0 Å². The van der Waals surface area contributed by atoms with Gasteiger partial charge >= 0.3 is 0 Å². The van der Waals surface area contributed by atoms with E-state index in [0.717, 1.165) is 5.69 Å². The highest BCUT2D eigenvalue weighted by Gasteiger charge is 2.01. The summed E-state index contributed by atoms with van der Waals surface area (Å²) in [5.41, 5.74) is 6.65. The SMILES string of the molecule is COc1cnc(C)c(NC(=N)N)c1. The Morgan fingerprint density at radius 2 is 2.38 bits per heavy atom. The van der Waals surface area contributed by atoms with Crippen LogP contribution in [-0.4, -0.2) is 18.1 Å². The van der Waals surface area contributed by atoms with Crippen LogP contribution in [0.1, 0.15) is 5.69 Å². The number of anilines is 1. The van der Waals surface area contributed by atoms with Gasteiger partial charge in [-0.15, -0.1) is 0 Å². The number of hydrogen-bond donors (Lipinski definition) is 3. The normalized spacial score (nSPS) is 9.38. The van der Waals surface area contributed by atoms with Gasteiger partial charge in [0, 0.05) is 6.07 Å². The maximum atomic E-state index is 7.05. The molecule has 0 bridgehead atoms. The molecule has 1 aromatic rings. The van der Waals surface area contributed by atoms with Crippen LogP contribution < -0.4 is 15.8 Å². The quantitative estimate of drug-likeness (QED) is 0.462. The van der Waals surface area contributed by atoms with Gasteiger partial charge in [0.15, 0.2) is 5.96 Å². The van der Waals surface area contributed by atoms with Crippen LogP contribution in [-0.2, 0) is 0 Å². The minimum atomic E-state index is -0.113. The maximum absolute atomic E-state index is 7.05. The average molecular weight is 180 g/mol. The zero-order chi connectivity index (χ0) is 9.84. The predicted octanol–water partition coefficient (Wildman–Crippen LogP) is 0.704. The molecule has 0 unspecified atom stereocenters. The second kappa shape index (κ2) is 3.75. The fourth-order valence-electron chi connectivity index (χ4n) is 0.897. The van der Waals surface area contributed by atoms with E-state index in [-0.39, 0.29) is 5.96 Å². The minimum Gasteiger partial charge on any atom is -0.495 e. The van der Waals surface area contributed by atoms with Gasteiger partial charge in [-0.2, -0.15) is 0 Å². The number of rotatable bonds is 2. The number of aromatic nitrogens is 1. The molecule has 5 heteroatoms. The van der Waals surface area contributed by atoms with Crippen LogP contribution in [0, 0.1) is 12.3 Å². The van der Waals surface area contributed by atoms with Crippen molar-refractivity contribution in [2.24, 2.45) is 5.73 Å². The minimum absolute atomic E-state index is 0.113. The Morgan fingerprint density at radius 3 is 2.92 bits per heavy atom. The molecule has 5 nitrogen and oxygen atoms in total. The molecule has 1 rings (SSSR count). The number of methoxy groups -OCH3 is 1. The lowest BCUT2D eigenvalue weighted by Gasteiger charge is -2.08. The summed E-state index contributed by atoms with van der Waals surface area (Å²) in [6.07, 6.45) is 1.61. The zero-order valence-electron chi connectivity index (χ0n) is 7.59. The molecule has 0 atom stereocenters. The fourth-order valence-corrected chi connectivity index (χ4v) is 0.897. The summed E-state index contributed by atoms with van der Waals surface area (Å²) in [5, 5.41) is 9.72. The molecule has 0 aromatic carbocycles. The predicted molar refractivity (Wildman–Crippen MR) is 51.1 cm³/mol. The van der Waals surface area contributed by atoms with Crippen LogP contribution in [0.15, 0.2) is 12.3 Å². The van der Waals surface area contributed by atoms with Gasteiger partial charge < -0.3 is 15.8 Å². The number of nitrogens with two attached hydrogens (primary N) is 1. The molecule has 0 aliphatic heterocycles. The van der Waals surface area contributed by atoms with Gasteiger partial charge in [-0.1, -0.05) is 0 Å². The Bertz CT molecular complexity index is 324. The van der Waals surface area contributed by atoms with Crippen LogP contribution in [0.25, 0.3) is 0 Å². The molecule has 0 saturated carbocycles. The van der Waals surface area contributed by atoms with E-state index in [0.29, 0.717) is 11.4 Å². The summed E-state index contributed by atoms with van der Waals surface area (Å²) in [5.74, 6) is 0.521. The molecular formula is C8H12N4O. The highest BCUT2D eigenvalue weighted by atomic mass is 16.5. The monoisotopic (exact) mass is 180 g/mol. The number of pyridine rings is 1. The summed E-state index contributed by atoms with van der Waals surface area (Å²) in [6.45, 7) is 1.82. The Kier molecular flexibility index (Phi) is 2.69. The molecule has 0 spiro atoms. The topological polar surface area (TPSA) is 84.0 Å². The standard InChI is InChI=1S/C8H12N4O/c1-5-7(12-8(9)10)3-6(13-2)4-11-5/h3-4H,1-2H3,(H4,9,10,12). The first-order chi connectivity index (χ1) is 6.13. The van der Waals surface area contributed by atoms with E-state index in [9.17, 15) is 0 Å². The molecule has 0 fully saturated rings. The lowest BCUT2D eigenvalue weighted by Crippen LogP contribution is -2.21.